The molecule has 2 aromatic rings. The molecule has 0 radical (unpaired) electrons. The topological polar surface area (TPSA) is 38.7 Å². The molecule has 1 aromatic heterocycles. The van der Waals surface area contributed by atoms with Gasteiger partial charge in [0.05, 0.1) is 0 Å². The van der Waals surface area contributed by atoms with E-state index < -0.39 is 0 Å². The minimum Gasteiger partial charge on any atom is -0.225 e. The third-order valence-electron chi connectivity index (χ3n) is 3.42. The minimum atomic E-state index is 0.100. The maximum Gasteiger partial charge on any atom is 0.162 e. The van der Waals surface area contributed by atoms with E-state index in [-0.39, 0.29) is 10.8 Å². The molecule has 0 atom stereocenters. The van der Waals surface area contributed by atoms with E-state index in [2.05, 4.69) is 74.7 Å². The van der Waals surface area contributed by atoms with Gasteiger partial charge in [-0.15, -0.1) is 0 Å². The number of aromatic nitrogens is 3. The lowest BCUT2D eigenvalue weighted by molar-refractivity contribution is 0.569. The first kappa shape index (κ1) is 14.6. The van der Waals surface area contributed by atoms with Crippen LogP contribution in [0.2, 0.25) is 0 Å². The van der Waals surface area contributed by atoms with E-state index in [4.69, 9.17) is 0 Å². The molecule has 20 heavy (non-hydrogen) atoms. The molecule has 0 aliphatic carbocycles. The van der Waals surface area contributed by atoms with Gasteiger partial charge in [-0.2, -0.15) is 0 Å². The number of hydrogen-bond acceptors (Lipinski definition) is 3. The summed E-state index contributed by atoms with van der Waals surface area (Å²) in [6.45, 7) is 13.4. The fourth-order valence-electron chi connectivity index (χ4n) is 2.01. The Hall–Kier alpha value is -1.77. The molecule has 0 saturated carbocycles. The van der Waals surface area contributed by atoms with E-state index in [1.165, 1.54) is 11.1 Å². The van der Waals surface area contributed by atoms with Crippen molar-refractivity contribution in [2.75, 3.05) is 0 Å². The second-order valence-electron chi connectivity index (χ2n) is 7.26. The van der Waals surface area contributed by atoms with Crippen molar-refractivity contribution in [1.82, 2.24) is 15.0 Å². The van der Waals surface area contributed by atoms with Crippen LogP contribution in [-0.4, -0.2) is 15.0 Å². The van der Waals surface area contributed by atoms with Crippen LogP contribution < -0.4 is 0 Å². The summed E-state index contributed by atoms with van der Waals surface area (Å²) in [5.74, 6) is 0.733. The summed E-state index contributed by atoms with van der Waals surface area (Å²) in [7, 11) is 0. The van der Waals surface area contributed by atoms with E-state index in [0.29, 0.717) is 0 Å². The van der Waals surface area contributed by atoms with Crippen LogP contribution in [0.15, 0.2) is 30.9 Å². The molecule has 0 fully saturated rings. The Morgan fingerprint density at radius 2 is 1.15 bits per heavy atom. The minimum absolute atomic E-state index is 0.100. The van der Waals surface area contributed by atoms with Crippen LogP contribution in [0.1, 0.15) is 52.7 Å². The van der Waals surface area contributed by atoms with Crippen molar-refractivity contribution in [1.29, 1.82) is 0 Å². The third-order valence-corrected chi connectivity index (χ3v) is 3.42. The molecule has 0 bridgehead atoms. The van der Waals surface area contributed by atoms with Gasteiger partial charge in [-0.1, -0.05) is 47.6 Å². The van der Waals surface area contributed by atoms with Crippen molar-refractivity contribution in [3.8, 4) is 11.4 Å². The maximum atomic E-state index is 4.27. The lowest BCUT2D eigenvalue weighted by atomic mass is 9.79. The highest BCUT2D eigenvalue weighted by molar-refractivity contribution is 5.59. The van der Waals surface area contributed by atoms with Crippen LogP contribution >= 0.6 is 0 Å². The molecular formula is C17H23N3. The number of benzene rings is 1. The quantitative estimate of drug-likeness (QED) is 0.781. The summed E-state index contributed by atoms with van der Waals surface area (Å²) in [5, 5.41) is 0. The Kier molecular flexibility index (Phi) is 3.63. The Morgan fingerprint density at radius 1 is 0.700 bits per heavy atom. The van der Waals surface area contributed by atoms with Gasteiger partial charge in [0, 0.05) is 5.56 Å². The van der Waals surface area contributed by atoms with Gasteiger partial charge in [0.15, 0.2) is 5.82 Å². The van der Waals surface area contributed by atoms with Crippen molar-refractivity contribution in [3.63, 3.8) is 0 Å². The molecule has 0 spiro atoms. The molecule has 1 heterocycles. The summed E-state index contributed by atoms with van der Waals surface area (Å²) in [4.78, 5) is 12.4. The molecule has 0 saturated heterocycles. The fraction of sp³-hybridized carbons (Fsp3) is 0.471. The van der Waals surface area contributed by atoms with Gasteiger partial charge in [-0.25, -0.2) is 15.0 Å². The second-order valence-corrected chi connectivity index (χ2v) is 7.26. The Balaban J connectivity index is 2.64. The molecule has 0 unspecified atom stereocenters. The van der Waals surface area contributed by atoms with Gasteiger partial charge in [0.1, 0.15) is 12.7 Å². The molecule has 106 valence electrons. The summed E-state index contributed by atoms with van der Waals surface area (Å²) < 4.78 is 0. The molecule has 0 amide bonds. The van der Waals surface area contributed by atoms with E-state index >= 15 is 0 Å². The van der Waals surface area contributed by atoms with Crippen molar-refractivity contribution in [3.05, 3.63) is 42.0 Å². The molecule has 0 aliphatic heterocycles. The zero-order chi connectivity index (χ0) is 15.0. The van der Waals surface area contributed by atoms with Crippen LogP contribution in [0.3, 0.4) is 0 Å². The van der Waals surface area contributed by atoms with Crippen LogP contribution in [-0.2, 0) is 10.8 Å². The Morgan fingerprint density at radius 3 is 1.55 bits per heavy atom. The molecule has 0 N–H and O–H groups in total. The van der Waals surface area contributed by atoms with Crippen LogP contribution in [0, 0.1) is 0 Å². The highest BCUT2D eigenvalue weighted by Crippen LogP contribution is 2.32. The standard InChI is InChI=1S/C17H23N3/c1-16(2,3)13-7-12(15-19-10-18-11-20-15)8-14(9-13)17(4,5)6/h7-11H,1-6H3. The lowest BCUT2D eigenvalue weighted by Crippen LogP contribution is -2.16. The molecule has 1 aromatic carbocycles. The molecule has 3 nitrogen and oxygen atoms in total. The van der Waals surface area contributed by atoms with Crippen LogP contribution in [0.5, 0.6) is 0 Å². The van der Waals surface area contributed by atoms with E-state index in [1.807, 2.05) is 0 Å². The first-order valence-corrected chi connectivity index (χ1v) is 6.96. The average Bonchev–Trinajstić information content (AvgIpc) is 2.37. The van der Waals surface area contributed by atoms with Gasteiger partial charge < -0.3 is 0 Å². The summed E-state index contributed by atoms with van der Waals surface area (Å²) >= 11 is 0. The third kappa shape index (κ3) is 3.21. The molecule has 3 heteroatoms. The predicted octanol–water partition coefficient (Wildman–Crippen LogP) is 4.13. The fourth-order valence-corrected chi connectivity index (χ4v) is 2.01. The van der Waals surface area contributed by atoms with Crippen molar-refractivity contribution >= 4 is 0 Å². The Labute approximate surface area is 121 Å². The first-order chi connectivity index (χ1) is 9.18. The lowest BCUT2D eigenvalue weighted by Gasteiger charge is -2.26. The monoisotopic (exact) mass is 269 g/mol. The van der Waals surface area contributed by atoms with Crippen molar-refractivity contribution in [2.24, 2.45) is 0 Å². The van der Waals surface area contributed by atoms with E-state index in [0.717, 1.165) is 11.4 Å². The smallest absolute Gasteiger partial charge is 0.162 e. The van der Waals surface area contributed by atoms with Gasteiger partial charge in [0.25, 0.3) is 0 Å². The molecule has 0 aliphatic rings. The highest BCUT2D eigenvalue weighted by atomic mass is 15.0. The Bertz CT molecular complexity index is 558. The van der Waals surface area contributed by atoms with Crippen LogP contribution in [0.25, 0.3) is 11.4 Å². The predicted molar refractivity (Wildman–Crippen MR) is 82.7 cm³/mol. The molecule has 2 rings (SSSR count). The largest absolute Gasteiger partial charge is 0.225 e. The number of nitrogens with zero attached hydrogens (tertiary/aromatic N) is 3. The second kappa shape index (κ2) is 4.97. The maximum absolute atomic E-state index is 4.27. The normalized spacial score (nSPS) is 12.5. The van der Waals surface area contributed by atoms with Gasteiger partial charge in [-0.05, 0) is 34.1 Å². The van der Waals surface area contributed by atoms with Gasteiger partial charge in [-0.3, -0.25) is 0 Å². The summed E-state index contributed by atoms with van der Waals surface area (Å²) in [5.41, 5.74) is 3.87. The van der Waals surface area contributed by atoms with E-state index in [1.54, 1.807) is 12.7 Å². The van der Waals surface area contributed by atoms with Crippen LogP contribution in [0.4, 0.5) is 0 Å². The molecular weight excluding hydrogens is 246 g/mol. The number of rotatable bonds is 1. The van der Waals surface area contributed by atoms with Gasteiger partial charge >= 0.3 is 0 Å². The first-order valence-electron chi connectivity index (χ1n) is 6.96. The van der Waals surface area contributed by atoms with Crippen molar-refractivity contribution in [2.45, 2.75) is 52.4 Å². The van der Waals surface area contributed by atoms with Crippen molar-refractivity contribution < 1.29 is 0 Å². The van der Waals surface area contributed by atoms with Gasteiger partial charge in [0.2, 0.25) is 0 Å². The van der Waals surface area contributed by atoms with E-state index in [9.17, 15) is 0 Å². The summed E-state index contributed by atoms with van der Waals surface area (Å²) in [6, 6.07) is 6.67. The zero-order valence-electron chi connectivity index (χ0n) is 13.2. The average molecular weight is 269 g/mol. The SMILES string of the molecule is CC(C)(C)c1cc(-c2ncncn2)cc(C(C)(C)C)c1. The highest BCUT2D eigenvalue weighted by Gasteiger charge is 2.21. The summed E-state index contributed by atoms with van der Waals surface area (Å²) in [6.07, 6.45) is 3.09. The zero-order valence-corrected chi connectivity index (χ0v) is 13.2. The number of hydrogen-bond donors (Lipinski definition) is 0.